The van der Waals surface area contributed by atoms with E-state index in [1.54, 1.807) is 48.5 Å². The van der Waals surface area contributed by atoms with E-state index in [4.69, 9.17) is 9.47 Å². The predicted octanol–water partition coefficient (Wildman–Crippen LogP) is 4.26. The molecule has 0 saturated heterocycles. The van der Waals surface area contributed by atoms with Gasteiger partial charge in [0.15, 0.2) is 0 Å². The number of carbonyl (C=O) groups excluding carboxylic acids is 2. The molecule has 0 radical (unpaired) electrons. The number of ether oxygens (including phenoxy) is 2. The number of esters is 1. The van der Waals surface area contributed by atoms with E-state index < -0.39 is 11.9 Å². The van der Waals surface area contributed by atoms with E-state index in [-0.39, 0.29) is 17.1 Å². The number of phenolic OH excluding ortho intramolecular Hbond substituents is 2. The Hall–Kier alpha value is -4.33. The van der Waals surface area contributed by atoms with E-state index in [1.165, 1.54) is 18.3 Å². The van der Waals surface area contributed by atoms with Crippen LogP contribution in [0.4, 0.5) is 0 Å². The monoisotopic (exact) mass is 448 g/mol. The quantitative estimate of drug-likeness (QED) is 0.148. The molecule has 0 fully saturated rings. The fraction of sp³-hybridized carbons (Fsp3) is 0.160. The summed E-state index contributed by atoms with van der Waals surface area (Å²) < 4.78 is 11.0. The second-order valence-corrected chi connectivity index (χ2v) is 7.09. The van der Waals surface area contributed by atoms with Crippen molar-refractivity contribution in [3.8, 4) is 23.0 Å². The SMILES string of the molecule is CCCCOc1ccc(C(=O)Oc2ccc(/C=N\NC(=O)c3ccc(O)cc3O)cc2)cc1. The number of unbranched alkanes of at least 4 members (excludes halogenated alkanes) is 1. The molecule has 0 heterocycles. The number of phenols is 2. The molecule has 3 aromatic carbocycles. The molecule has 0 aromatic heterocycles. The molecule has 8 heteroatoms. The third-order valence-corrected chi connectivity index (χ3v) is 4.55. The zero-order chi connectivity index (χ0) is 23.6. The Morgan fingerprint density at radius 3 is 2.33 bits per heavy atom. The lowest BCUT2D eigenvalue weighted by molar-refractivity contribution is 0.0734. The Morgan fingerprint density at radius 2 is 1.67 bits per heavy atom. The zero-order valence-corrected chi connectivity index (χ0v) is 18.0. The summed E-state index contributed by atoms with van der Waals surface area (Å²) in [7, 11) is 0. The third kappa shape index (κ3) is 6.83. The molecule has 0 unspecified atom stereocenters. The summed E-state index contributed by atoms with van der Waals surface area (Å²) >= 11 is 0. The molecule has 3 aromatic rings. The van der Waals surface area contributed by atoms with E-state index in [1.807, 2.05) is 0 Å². The number of nitrogens with one attached hydrogen (secondary N) is 1. The van der Waals surface area contributed by atoms with Gasteiger partial charge in [0.1, 0.15) is 23.0 Å². The second-order valence-electron chi connectivity index (χ2n) is 7.09. The molecule has 0 aliphatic carbocycles. The van der Waals surface area contributed by atoms with Crippen LogP contribution in [0, 0.1) is 0 Å². The van der Waals surface area contributed by atoms with Crippen LogP contribution in [-0.4, -0.2) is 34.9 Å². The Kier molecular flexibility index (Phi) is 8.02. The van der Waals surface area contributed by atoms with Crippen molar-refractivity contribution in [3.05, 3.63) is 83.4 Å². The zero-order valence-electron chi connectivity index (χ0n) is 18.0. The fourth-order valence-electron chi connectivity index (χ4n) is 2.75. The molecule has 0 spiro atoms. The Balaban J connectivity index is 1.52. The lowest BCUT2D eigenvalue weighted by Crippen LogP contribution is -2.17. The molecule has 0 bridgehead atoms. The normalized spacial score (nSPS) is 10.7. The van der Waals surface area contributed by atoms with Crippen LogP contribution < -0.4 is 14.9 Å². The van der Waals surface area contributed by atoms with Gasteiger partial charge in [-0.05, 0) is 72.6 Å². The first-order valence-corrected chi connectivity index (χ1v) is 10.4. The topological polar surface area (TPSA) is 117 Å². The molecule has 0 aliphatic heterocycles. The highest BCUT2D eigenvalue weighted by Gasteiger charge is 2.11. The third-order valence-electron chi connectivity index (χ3n) is 4.55. The average Bonchev–Trinajstić information content (AvgIpc) is 2.80. The minimum Gasteiger partial charge on any atom is -0.508 e. The van der Waals surface area contributed by atoms with Crippen molar-refractivity contribution in [2.45, 2.75) is 19.8 Å². The van der Waals surface area contributed by atoms with Gasteiger partial charge in [0.2, 0.25) is 0 Å². The largest absolute Gasteiger partial charge is 0.508 e. The molecule has 0 saturated carbocycles. The van der Waals surface area contributed by atoms with E-state index >= 15 is 0 Å². The summed E-state index contributed by atoms with van der Waals surface area (Å²) in [5.41, 5.74) is 3.33. The first kappa shape index (κ1) is 23.3. The van der Waals surface area contributed by atoms with E-state index in [0.717, 1.165) is 18.9 Å². The minimum atomic E-state index is -0.629. The van der Waals surface area contributed by atoms with Crippen molar-refractivity contribution >= 4 is 18.1 Å². The highest BCUT2D eigenvalue weighted by atomic mass is 16.5. The molecule has 33 heavy (non-hydrogen) atoms. The number of hydrogen-bond donors (Lipinski definition) is 3. The Bertz CT molecular complexity index is 1120. The molecular weight excluding hydrogens is 424 g/mol. The van der Waals surface area contributed by atoms with Gasteiger partial charge < -0.3 is 19.7 Å². The molecule has 1 amide bonds. The number of carbonyl (C=O) groups is 2. The van der Waals surface area contributed by atoms with Gasteiger partial charge in [0.25, 0.3) is 5.91 Å². The Labute approximate surface area is 191 Å². The molecule has 0 atom stereocenters. The fourth-order valence-corrected chi connectivity index (χ4v) is 2.75. The number of hydrazone groups is 1. The highest BCUT2D eigenvalue weighted by molar-refractivity contribution is 5.97. The maximum atomic E-state index is 12.3. The number of amides is 1. The smallest absolute Gasteiger partial charge is 0.343 e. The Morgan fingerprint density at radius 1 is 0.970 bits per heavy atom. The van der Waals surface area contributed by atoms with Gasteiger partial charge in [-0.1, -0.05) is 13.3 Å². The first-order valence-electron chi connectivity index (χ1n) is 10.4. The summed E-state index contributed by atoms with van der Waals surface area (Å²) in [4.78, 5) is 24.4. The number of aromatic hydroxyl groups is 2. The number of rotatable bonds is 9. The van der Waals surface area contributed by atoms with Crippen LogP contribution in [0.3, 0.4) is 0 Å². The molecule has 170 valence electrons. The average molecular weight is 448 g/mol. The van der Waals surface area contributed by atoms with Crippen molar-refractivity contribution < 1.29 is 29.3 Å². The van der Waals surface area contributed by atoms with Gasteiger partial charge in [-0.25, -0.2) is 10.2 Å². The summed E-state index contributed by atoms with van der Waals surface area (Å²) in [6, 6.07) is 17.0. The summed E-state index contributed by atoms with van der Waals surface area (Å²) in [6.07, 6.45) is 3.42. The lowest BCUT2D eigenvalue weighted by atomic mass is 10.2. The lowest BCUT2D eigenvalue weighted by Gasteiger charge is -2.07. The number of hydrogen-bond acceptors (Lipinski definition) is 7. The van der Waals surface area contributed by atoms with Crippen LogP contribution in [0.15, 0.2) is 71.8 Å². The minimum absolute atomic E-state index is 0.0206. The molecule has 3 N–H and O–H groups in total. The van der Waals surface area contributed by atoms with E-state index in [0.29, 0.717) is 29.2 Å². The van der Waals surface area contributed by atoms with Gasteiger partial charge in [-0.2, -0.15) is 5.10 Å². The van der Waals surface area contributed by atoms with E-state index in [2.05, 4.69) is 17.5 Å². The summed E-state index contributed by atoms with van der Waals surface area (Å²) in [5, 5.41) is 22.8. The van der Waals surface area contributed by atoms with Crippen LogP contribution in [-0.2, 0) is 0 Å². The summed E-state index contributed by atoms with van der Waals surface area (Å²) in [6.45, 7) is 2.73. The maximum Gasteiger partial charge on any atom is 0.343 e. The van der Waals surface area contributed by atoms with Gasteiger partial charge in [0, 0.05) is 6.07 Å². The van der Waals surface area contributed by atoms with E-state index in [9.17, 15) is 19.8 Å². The van der Waals surface area contributed by atoms with Gasteiger partial charge in [-0.15, -0.1) is 0 Å². The number of nitrogens with zero attached hydrogens (tertiary/aromatic N) is 1. The van der Waals surface area contributed by atoms with Crippen molar-refractivity contribution in [2.75, 3.05) is 6.61 Å². The van der Waals surface area contributed by atoms with Crippen molar-refractivity contribution in [3.63, 3.8) is 0 Å². The van der Waals surface area contributed by atoms with Gasteiger partial charge >= 0.3 is 5.97 Å². The van der Waals surface area contributed by atoms with Crippen LogP contribution in [0.2, 0.25) is 0 Å². The molecular formula is C25H24N2O6. The number of benzene rings is 3. The van der Waals surface area contributed by atoms with Crippen LogP contribution in [0.1, 0.15) is 46.0 Å². The second kappa shape index (κ2) is 11.3. The predicted molar refractivity (Wildman–Crippen MR) is 123 cm³/mol. The standard InChI is InChI=1S/C25H24N2O6/c1-2-3-14-32-20-11-6-18(7-12-20)25(31)33-21-9-4-17(5-10-21)16-26-27-24(30)22-13-8-19(28)15-23(22)29/h4-13,15-16,28-29H,2-3,14H2,1H3,(H,27,30)/b26-16-. The van der Waals surface area contributed by atoms with Crippen LogP contribution >= 0.6 is 0 Å². The molecule has 0 aliphatic rings. The van der Waals surface area contributed by atoms with Gasteiger partial charge in [-0.3, -0.25) is 4.79 Å². The van der Waals surface area contributed by atoms with Crippen molar-refractivity contribution in [1.82, 2.24) is 5.43 Å². The highest BCUT2D eigenvalue weighted by Crippen LogP contribution is 2.22. The van der Waals surface area contributed by atoms with Crippen molar-refractivity contribution in [1.29, 1.82) is 0 Å². The van der Waals surface area contributed by atoms with Crippen LogP contribution in [0.25, 0.3) is 0 Å². The van der Waals surface area contributed by atoms with Crippen LogP contribution in [0.5, 0.6) is 23.0 Å². The molecule has 3 rings (SSSR count). The van der Waals surface area contributed by atoms with Gasteiger partial charge in [0.05, 0.1) is 23.9 Å². The van der Waals surface area contributed by atoms with Crippen molar-refractivity contribution in [2.24, 2.45) is 5.10 Å². The summed E-state index contributed by atoms with van der Waals surface area (Å²) in [5.74, 6) is -0.558. The molecule has 8 nitrogen and oxygen atoms in total. The first-order chi connectivity index (χ1) is 16.0. The maximum absolute atomic E-state index is 12.3.